The van der Waals surface area contributed by atoms with Gasteiger partial charge in [-0.25, -0.2) is 4.98 Å². The Morgan fingerprint density at radius 1 is 0.328 bits per heavy atom. The summed E-state index contributed by atoms with van der Waals surface area (Å²) in [6, 6.07) is 77.7. The summed E-state index contributed by atoms with van der Waals surface area (Å²) in [5, 5.41) is 7.28. The molecule has 1 aromatic heterocycles. The van der Waals surface area contributed by atoms with Crippen LogP contribution in [0, 0.1) is 0 Å². The largest absolute Gasteiger partial charge is 0.435 e. The Bertz CT molecular complexity index is 3240. The molecule has 0 saturated heterocycles. The zero-order valence-corrected chi connectivity index (χ0v) is 31.6. The van der Waals surface area contributed by atoms with Crippen LogP contribution in [-0.4, -0.2) is 4.98 Å². The number of hydrogen-bond donors (Lipinski definition) is 0. The molecule has 3 heteroatoms. The highest BCUT2D eigenvalue weighted by Gasteiger charge is 2.16. The molecule has 0 radical (unpaired) electrons. The second-order valence-corrected chi connectivity index (χ2v) is 14.7. The van der Waals surface area contributed by atoms with Crippen LogP contribution >= 0.6 is 0 Å². The van der Waals surface area contributed by atoms with Crippen molar-refractivity contribution in [2.45, 2.75) is 0 Å². The summed E-state index contributed by atoms with van der Waals surface area (Å²) >= 11 is 0. The number of para-hydroxylation sites is 1. The average Bonchev–Trinajstić information content (AvgIpc) is 3.75. The van der Waals surface area contributed by atoms with Crippen LogP contribution in [0.3, 0.4) is 0 Å². The number of oxazole rings is 1. The second-order valence-electron chi connectivity index (χ2n) is 14.7. The molecule has 0 bridgehead atoms. The Morgan fingerprint density at radius 3 is 1.57 bits per heavy atom. The fourth-order valence-corrected chi connectivity index (χ4v) is 8.45. The predicted molar refractivity (Wildman–Crippen MR) is 243 cm³/mol. The van der Waals surface area contributed by atoms with E-state index in [-0.39, 0.29) is 0 Å². The maximum atomic E-state index is 6.35. The lowest BCUT2D eigenvalue weighted by Crippen LogP contribution is -2.09. The third-order valence-corrected chi connectivity index (χ3v) is 11.3. The zero-order valence-electron chi connectivity index (χ0n) is 31.6. The van der Waals surface area contributed by atoms with Gasteiger partial charge in [0, 0.05) is 28.0 Å². The van der Waals surface area contributed by atoms with Crippen molar-refractivity contribution in [1.29, 1.82) is 0 Å². The molecule has 0 aliphatic rings. The molecular weight excluding hydrogens is 705 g/mol. The Balaban J connectivity index is 0.898. The highest BCUT2D eigenvalue weighted by Crippen LogP contribution is 2.40. The van der Waals surface area contributed by atoms with Gasteiger partial charge in [0.15, 0.2) is 5.58 Å². The van der Waals surface area contributed by atoms with Crippen molar-refractivity contribution in [3.8, 4) is 44.8 Å². The number of nitrogens with zero attached hydrogens (tertiary/aromatic N) is 2. The highest BCUT2D eigenvalue weighted by molar-refractivity contribution is 6.14. The van der Waals surface area contributed by atoms with Crippen molar-refractivity contribution >= 4 is 60.5 Å². The van der Waals surface area contributed by atoms with Gasteiger partial charge in [-0.3, -0.25) is 0 Å². The fourth-order valence-electron chi connectivity index (χ4n) is 8.45. The lowest BCUT2D eigenvalue weighted by atomic mass is 9.93. The van der Waals surface area contributed by atoms with E-state index in [9.17, 15) is 0 Å². The van der Waals surface area contributed by atoms with E-state index in [1.165, 1.54) is 38.2 Å². The Kier molecular flexibility index (Phi) is 8.15. The summed E-state index contributed by atoms with van der Waals surface area (Å²) < 4.78 is 6.35. The first-order valence-electron chi connectivity index (χ1n) is 19.7. The molecule has 0 aliphatic carbocycles. The Labute approximate surface area is 336 Å². The van der Waals surface area contributed by atoms with Crippen molar-refractivity contribution < 1.29 is 4.42 Å². The third-order valence-electron chi connectivity index (χ3n) is 11.3. The molecule has 58 heavy (non-hydrogen) atoms. The molecule has 11 aromatic rings. The van der Waals surface area contributed by atoms with Gasteiger partial charge in [0.25, 0.3) is 0 Å². The number of hydrogen-bond acceptors (Lipinski definition) is 3. The minimum Gasteiger partial charge on any atom is -0.435 e. The molecule has 11 rings (SSSR count). The van der Waals surface area contributed by atoms with Crippen molar-refractivity contribution in [3.63, 3.8) is 0 Å². The van der Waals surface area contributed by atoms with Gasteiger partial charge in [-0.1, -0.05) is 158 Å². The highest BCUT2D eigenvalue weighted by atomic mass is 16.3. The van der Waals surface area contributed by atoms with Gasteiger partial charge in [-0.05, 0) is 121 Å². The normalized spacial score (nSPS) is 11.4. The van der Waals surface area contributed by atoms with Gasteiger partial charge in [-0.2, -0.15) is 0 Å². The van der Waals surface area contributed by atoms with E-state index in [1.54, 1.807) is 0 Å². The minimum absolute atomic E-state index is 0.638. The topological polar surface area (TPSA) is 29.3 Å². The van der Waals surface area contributed by atoms with Crippen molar-refractivity contribution in [2.24, 2.45) is 0 Å². The quantitative estimate of drug-likeness (QED) is 0.152. The molecule has 0 amide bonds. The van der Waals surface area contributed by atoms with Crippen LogP contribution in [0.4, 0.5) is 17.1 Å². The molecule has 0 atom stereocenters. The van der Waals surface area contributed by atoms with E-state index in [1.807, 2.05) is 30.3 Å². The predicted octanol–water partition coefficient (Wildman–Crippen LogP) is 15.4. The molecule has 272 valence electrons. The minimum atomic E-state index is 0.638. The lowest BCUT2D eigenvalue weighted by molar-refractivity contribution is 0.623. The van der Waals surface area contributed by atoms with E-state index in [4.69, 9.17) is 9.40 Å². The first-order valence-corrected chi connectivity index (χ1v) is 19.7. The summed E-state index contributed by atoms with van der Waals surface area (Å²) in [6.07, 6.45) is 0. The van der Waals surface area contributed by atoms with Gasteiger partial charge in [0.2, 0.25) is 5.89 Å². The molecule has 10 aromatic carbocycles. The van der Waals surface area contributed by atoms with Gasteiger partial charge < -0.3 is 9.32 Å². The molecular formula is C55H36N2O. The first kappa shape index (κ1) is 33.6. The number of aromatic nitrogens is 1. The number of fused-ring (bicyclic) bond motifs is 6. The van der Waals surface area contributed by atoms with Crippen LogP contribution in [0.2, 0.25) is 0 Å². The maximum Gasteiger partial charge on any atom is 0.227 e. The summed E-state index contributed by atoms with van der Waals surface area (Å²) in [5.74, 6) is 0.638. The van der Waals surface area contributed by atoms with Gasteiger partial charge in [0.05, 0.1) is 0 Å². The molecule has 0 spiro atoms. The van der Waals surface area contributed by atoms with Gasteiger partial charge in [-0.15, -0.1) is 0 Å². The maximum absolute atomic E-state index is 6.35. The van der Waals surface area contributed by atoms with Crippen LogP contribution in [0.25, 0.3) is 88.3 Å². The zero-order chi connectivity index (χ0) is 38.4. The molecule has 0 fully saturated rings. The van der Waals surface area contributed by atoms with Gasteiger partial charge in [0.1, 0.15) is 5.52 Å². The molecule has 0 saturated carbocycles. The molecule has 0 N–H and O–H groups in total. The van der Waals surface area contributed by atoms with E-state index in [0.717, 1.165) is 61.2 Å². The molecule has 1 heterocycles. The monoisotopic (exact) mass is 740 g/mol. The van der Waals surface area contributed by atoms with Crippen LogP contribution in [0.1, 0.15) is 0 Å². The summed E-state index contributed by atoms with van der Waals surface area (Å²) in [4.78, 5) is 7.12. The number of benzene rings is 10. The van der Waals surface area contributed by atoms with E-state index >= 15 is 0 Å². The average molecular weight is 741 g/mol. The summed E-state index contributed by atoms with van der Waals surface area (Å²) in [6.45, 7) is 0. The van der Waals surface area contributed by atoms with E-state index in [0.29, 0.717) is 5.89 Å². The fraction of sp³-hybridized carbons (Fsp3) is 0. The van der Waals surface area contributed by atoms with Crippen molar-refractivity contribution in [3.05, 3.63) is 218 Å². The molecule has 0 unspecified atom stereocenters. The summed E-state index contributed by atoms with van der Waals surface area (Å²) in [5.41, 5.74) is 13.0. The lowest BCUT2D eigenvalue weighted by Gasteiger charge is -2.26. The molecule has 3 nitrogen and oxygen atoms in total. The Morgan fingerprint density at radius 2 is 0.845 bits per heavy atom. The van der Waals surface area contributed by atoms with Crippen LogP contribution < -0.4 is 4.90 Å². The Hall–Kier alpha value is -7.75. The number of rotatable bonds is 7. The second kappa shape index (κ2) is 14.1. The van der Waals surface area contributed by atoms with Crippen molar-refractivity contribution in [2.75, 3.05) is 4.90 Å². The molecule has 0 aliphatic heterocycles. The van der Waals surface area contributed by atoms with Crippen LogP contribution in [-0.2, 0) is 0 Å². The van der Waals surface area contributed by atoms with Crippen LogP contribution in [0.5, 0.6) is 0 Å². The van der Waals surface area contributed by atoms with E-state index < -0.39 is 0 Å². The van der Waals surface area contributed by atoms with Crippen LogP contribution in [0.15, 0.2) is 223 Å². The third kappa shape index (κ3) is 5.89. The smallest absolute Gasteiger partial charge is 0.227 e. The van der Waals surface area contributed by atoms with Crippen molar-refractivity contribution in [1.82, 2.24) is 4.98 Å². The number of anilines is 3. The van der Waals surface area contributed by atoms with Gasteiger partial charge >= 0.3 is 0 Å². The summed E-state index contributed by atoms with van der Waals surface area (Å²) in [7, 11) is 0. The SMILES string of the molecule is c1ccc(-c2nc3ccc4c(-c5ccc(-c6ccc(N(c7ccccc7)c7ccc(-c8cc9ccccc9c9ccccc89)cc7)cc6)cc5)cccc4c3o2)cc1. The standard InChI is InChI=1S/C55H36N2O/c1-3-12-41(13-4-1)55-56-53-35-34-50-46(20-11-21-51(50)54(53)58-55)39-24-22-37(23-25-39)38-26-30-44(31-27-38)57(43-15-5-2-6-16-43)45-32-28-40(29-33-45)52-36-42-14-7-8-17-47(42)48-18-9-10-19-49(48)52/h1-36H. The first-order chi connectivity index (χ1) is 28.7. The van der Waals surface area contributed by atoms with E-state index in [2.05, 4.69) is 193 Å².